The lowest BCUT2D eigenvalue weighted by molar-refractivity contribution is -0.895. The molecule has 1 aliphatic heterocycles. The number of carbonyl (C=O) groups excluding carboxylic acids is 1. The minimum absolute atomic E-state index is 0.0716. The lowest BCUT2D eigenvalue weighted by atomic mass is 9.96. The second-order valence-corrected chi connectivity index (χ2v) is 9.12. The summed E-state index contributed by atoms with van der Waals surface area (Å²) >= 11 is 3.12. The van der Waals surface area contributed by atoms with Gasteiger partial charge in [0.25, 0.3) is 5.91 Å². The minimum atomic E-state index is -0.113. The van der Waals surface area contributed by atoms with E-state index in [-0.39, 0.29) is 11.9 Å². The molecule has 4 N–H and O–H groups in total. The third-order valence-electron chi connectivity index (χ3n) is 4.72. The number of fused-ring (bicyclic) bond motifs is 2. The maximum absolute atomic E-state index is 12.6. The first kappa shape index (κ1) is 17.5. The Morgan fingerprint density at radius 3 is 2.92 bits per heavy atom. The summed E-state index contributed by atoms with van der Waals surface area (Å²) < 4.78 is 0. The number of rotatable bonds is 3. The predicted molar refractivity (Wildman–Crippen MR) is 109 cm³/mol. The monoisotopic (exact) mass is 387 g/mol. The molecule has 1 atom stereocenters. The van der Waals surface area contributed by atoms with E-state index in [1.54, 1.807) is 11.3 Å². The molecule has 5 nitrogen and oxygen atoms in total. The Hall–Kier alpha value is -1.96. The number of quaternary nitrogens is 1. The zero-order valence-electron chi connectivity index (χ0n) is 15.2. The number of nitrogens with two attached hydrogens (primary N) is 1. The fourth-order valence-electron chi connectivity index (χ4n) is 3.55. The SMILES string of the molecule is CC(C)NC(=O)c1sc2nc3c(c(-c4cccs4)c2c1N)C[NH+](C)CC3. The van der Waals surface area contributed by atoms with E-state index in [1.807, 2.05) is 13.8 Å². The number of nitrogens with one attached hydrogen (secondary N) is 2. The van der Waals surface area contributed by atoms with Gasteiger partial charge in [0.1, 0.15) is 16.3 Å². The number of pyridine rings is 1. The summed E-state index contributed by atoms with van der Waals surface area (Å²) in [5, 5.41) is 5.98. The van der Waals surface area contributed by atoms with Gasteiger partial charge in [0.15, 0.2) is 0 Å². The van der Waals surface area contributed by atoms with Crippen LogP contribution >= 0.6 is 22.7 Å². The molecule has 0 fully saturated rings. The Bertz CT molecular complexity index is 975. The highest BCUT2D eigenvalue weighted by molar-refractivity contribution is 7.21. The maximum atomic E-state index is 12.6. The molecule has 7 heteroatoms. The quantitative estimate of drug-likeness (QED) is 0.646. The highest BCUT2D eigenvalue weighted by Gasteiger charge is 2.28. The number of hydrogen-bond donors (Lipinski definition) is 3. The summed E-state index contributed by atoms with van der Waals surface area (Å²) in [5.74, 6) is -0.113. The molecule has 136 valence electrons. The van der Waals surface area contributed by atoms with Crippen LogP contribution < -0.4 is 16.0 Å². The van der Waals surface area contributed by atoms with E-state index in [4.69, 9.17) is 10.7 Å². The third kappa shape index (κ3) is 2.90. The Morgan fingerprint density at radius 2 is 2.23 bits per heavy atom. The van der Waals surface area contributed by atoms with Gasteiger partial charge in [-0.3, -0.25) is 4.79 Å². The summed E-state index contributed by atoms with van der Waals surface area (Å²) in [4.78, 5) is 21.6. The summed E-state index contributed by atoms with van der Waals surface area (Å²) in [6.07, 6.45) is 0.959. The van der Waals surface area contributed by atoms with Gasteiger partial charge >= 0.3 is 0 Å². The fourth-order valence-corrected chi connectivity index (χ4v) is 5.38. The first-order valence-corrected chi connectivity index (χ1v) is 10.5. The molecule has 4 heterocycles. The molecule has 1 unspecified atom stereocenters. The molecule has 0 aliphatic carbocycles. The van der Waals surface area contributed by atoms with Gasteiger partial charge in [0.05, 0.1) is 25.0 Å². The van der Waals surface area contributed by atoms with Crippen LogP contribution in [0.5, 0.6) is 0 Å². The zero-order chi connectivity index (χ0) is 18.4. The van der Waals surface area contributed by atoms with Gasteiger partial charge in [0, 0.05) is 33.9 Å². The van der Waals surface area contributed by atoms with E-state index in [2.05, 4.69) is 29.9 Å². The van der Waals surface area contributed by atoms with Crippen LogP contribution in [0, 0.1) is 0 Å². The van der Waals surface area contributed by atoms with E-state index in [0.29, 0.717) is 10.6 Å². The van der Waals surface area contributed by atoms with Crippen molar-refractivity contribution in [3.05, 3.63) is 33.6 Å². The largest absolute Gasteiger partial charge is 0.397 e. The number of hydrogen-bond acceptors (Lipinski definition) is 5. The smallest absolute Gasteiger partial charge is 0.263 e. The molecule has 4 rings (SSSR count). The van der Waals surface area contributed by atoms with E-state index < -0.39 is 0 Å². The lowest BCUT2D eigenvalue weighted by Crippen LogP contribution is -3.08. The van der Waals surface area contributed by atoms with Gasteiger partial charge in [-0.1, -0.05) is 6.07 Å². The first-order chi connectivity index (χ1) is 12.5. The van der Waals surface area contributed by atoms with Crippen LogP contribution in [-0.4, -0.2) is 30.5 Å². The topological polar surface area (TPSA) is 72.5 Å². The summed E-state index contributed by atoms with van der Waals surface area (Å²) in [5.41, 5.74) is 10.7. The number of aromatic nitrogens is 1. The molecule has 1 amide bonds. The molecule has 0 spiro atoms. The van der Waals surface area contributed by atoms with Crippen LogP contribution in [0.3, 0.4) is 0 Å². The van der Waals surface area contributed by atoms with Crippen molar-refractivity contribution in [1.29, 1.82) is 0 Å². The number of nitrogens with zero attached hydrogens (tertiary/aromatic N) is 1. The third-order valence-corrected chi connectivity index (χ3v) is 6.71. The molecule has 3 aromatic rings. The Morgan fingerprint density at radius 1 is 1.42 bits per heavy atom. The molecule has 26 heavy (non-hydrogen) atoms. The van der Waals surface area contributed by atoms with Crippen LogP contribution in [0.2, 0.25) is 0 Å². The van der Waals surface area contributed by atoms with Crippen molar-refractivity contribution in [2.75, 3.05) is 19.3 Å². The average Bonchev–Trinajstić information content (AvgIpc) is 3.21. The van der Waals surface area contributed by atoms with E-state index in [9.17, 15) is 4.79 Å². The van der Waals surface area contributed by atoms with Gasteiger partial charge < -0.3 is 16.0 Å². The van der Waals surface area contributed by atoms with Crippen LogP contribution in [0.15, 0.2) is 17.5 Å². The Labute approximate surface area is 160 Å². The minimum Gasteiger partial charge on any atom is -0.397 e. The van der Waals surface area contributed by atoms with Crippen molar-refractivity contribution in [3.8, 4) is 10.4 Å². The van der Waals surface area contributed by atoms with Gasteiger partial charge in [-0.15, -0.1) is 22.7 Å². The van der Waals surface area contributed by atoms with Crippen LogP contribution in [0.25, 0.3) is 20.7 Å². The number of carbonyl (C=O) groups is 1. The second-order valence-electron chi connectivity index (χ2n) is 7.18. The molecular formula is C19H23N4OS2+. The van der Waals surface area contributed by atoms with Crippen LogP contribution in [0.4, 0.5) is 5.69 Å². The van der Waals surface area contributed by atoms with E-state index >= 15 is 0 Å². The van der Waals surface area contributed by atoms with Crippen LogP contribution in [-0.2, 0) is 13.0 Å². The number of likely N-dealkylation sites (N-methyl/N-ethyl adjacent to an activating group) is 1. The van der Waals surface area contributed by atoms with Crippen molar-refractivity contribution in [3.63, 3.8) is 0 Å². The van der Waals surface area contributed by atoms with Crippen molar-refractivity contribution < 1.29 is 9.69 Å². The Balaban J connectivity index is 1.99. The van der Waals surface area contributed by atoms with Crippen molar-refractivity contribution in [2.24, 2.45) is 0 Å². The molecule has 0 saturated heterocycles. The van der Waals surface area contributed by atoms with Crippen LogP contribution in [0.1, 0.15) is 34.8 Å². The fraction of sp³-hybridized carbons (Fsp3) is 0.368. The van der Waals surface area contributed by atoms with Gasteiger partial charge in [-0.2, -0.15) is 0 Å². The van der Waals surface area contributed by atoms with Gasteiger partial charge in [-0.25, -0.2) is 4.98 Å². The Kier molecular flexibility index (Phi) is 4.46. The zero-order valence-corrected chi connectivity index (χ0v) is 16.8. The number of anilines is 1. The summed E-state index contributed by atoms with van der Waals surface area (Å²) in [6.45, 7) is 5.92. The molecule has 0 radical (unpaired) electrons. The molecule has 1 aliphatic rings. The predicted octanol–water partition coefficient (Wildman–Crippen LogP) is 2.32. The molecule has 0 bridgehead atoms. The van der Waals surface area contributed by atoms with Crippen molar-refractivity contribution in [1.82, 2.24) is 10.3 Å². The standard InChI is InChI=1S/C19H22N4OS2/c1-10(2)21-18(24)17-16(20)15-14(13-5-4-8-25-13)11-9-23(3)7-6-12(11)22-19(15)26-17/h4-5,8,10H,6-7,9,20H2,1-3H3,(H,21,24)/p+1. The van der Waals surface area contributed by atoms with E-state index in [1.165, 1.54) is 32.2 Å². The van der Waals surface area contributed by atoms with E-state index in [0.717, 1.165) is 35.4 Å². The molecule has 0 aromatic carbocycles. The molecule has 0 saturated carbocycles. The number of amides is 1. The molecular weight excluding hydrogens is 364 g/mol. The molecule has 3 aromatic heterocycles. The second kappa shape index (κ2) is 6.64. The maximum Gasteiger partial charge on any atom is 0.263 e. The van der Waals surface area contributed by atoms with Crippen molar-refractivity contribution >= 4 is 44.5 Å². The summed E-state index contributed by atoms with van der Waals surface area (Å²) in [6, 6.07) is 4.27. The normalized spacial score (nSPS) is 16.8. The first-order valence-electron chi connectivity index (χ1n) is 8.85. The lowest BCUT2D eigenvalue weighted by Gasteiger charge is -2.24. The van der Waals surface area contributed by atoms with Gasteiger partial charge in [-0.05, 0) is 25.3 Å². The van der Waals surface area contributed by atoms with Gasteiger partial charge in [0.2, 0.25) is 0 Å². The number of nitrogen functional groups attached to an aromatic ring is 1. The van der Waals surface area contributed by atoms with Crippen molar-refractivity contribution in [2.45, 2.75) is 32.9 Å². The highest BCUT2D eigenvalue weighted by atomic mass is 32.1. The summed E-state index contributed by atoms with van der Waals surface area (Å²) in [7, 11) is 2.21. The average molecular weight is 388 g/mol. The highest BCUT2D eigenvalue weighted by Crippen LogP contribution is 2.43. The number of thiophene rings is 2.